The van der Waals surface area contributed by atoms with E-state index in [2.05, 4.69) is 4.98 Å². The second-order valence-electron chi connectivity index (χ2n) is 4.52. The highest BCUT2D eigenvalue weighted by Crippen LogP contribution is 2.15. The van der Waals surface area contributed by atoms with Crippen LogP contribution < -0.4 is 5.56 Å². The number of benzene rings is 1. The van der Waals surface area contributed by atoms with Gasteiger partial charge in [0, 0.05) is 17.3 Å². The SMILES string of the molecule is CC(=O)CSc1nc(C)cc(=O)n1C(=O)c1ccccc1. The predicted molar refractivity (Wildman–Crippen MR) is 80.8 cm³/mol. The molecule has 0 saturated heterocycles. The van der Waals surface area contributed by atoms with Crippen LogP contribution in [0.3, 0.4) is 0 Å². The van der Waals surface area contributed by atoms with Gasteiger partial charge in [0.15, 0.2) is 5.16 Å². The van der Waals surface area contributed by atoms with Gasteiger partial charge in [-0.3, -0.25) is 14.4 Å². The summed E-state index contributed by atoms with van der Waals surface area (Å²) in [5.41, 5.74) is 0.473. The Kier molecular flexibility index (Phi) is 4.70. The monoisotopic (exact) mass is 302 g/mol. The summed E-state index contributed by atoms with van der Waals surface area (Å²) < 4.78 is 1.01. The summed E-state index contributed by atoms with van der Waals surface area (Å²) in [5.74, 6) is -0.327. The summed E-state index contributed by atoms with van der Waals surface area (Å²) in [6.07, 6.45) is 0. The van der Waals surface area contributed by atoms with E-state index in [9.17, 15) is 14.4 Å². The van der Waals surface area contributed by atoms with Crippen LogP contribution in [0.5, 0.6) is 0 Å². The predicted octanol–water partition coefficient (Wildman–Crippen LogP) is 1.92. The number of carbonyl (C=O) groups excluding carboxylic acids is 2. The van der Waals surface area contributed by atoms with Gasteiger partial charge in [-0.15, -0.1) is 0 Å². The van der Waals surface area contributed by atoms with E-state index in [-0.39, 0.29) is 16.7 Å². The average molecular weight is 302 g/mol. The molecule has 0 fully saturated rings. The van der Waals surface area contributed by atoms with Gasteiger partial charge in [-0.05, 0) is 26.0 Å². The Morgan fingerprint density at radius 1 is 1.24 bits per heavy atom. The van der Waals surface area contributed by atoms with Crippen molar-refractivity contribution in [3.63, 3.8) is 0 Å². The molecule has 0 saturated carbocycles. The molecule has 0 amide bonds. The number of aryl methyl sites for hydroxylation is 1. The molecular weight excluding hydrogens is 288 g/mol. The molecule has 2 rings (SSSR count). The maximum absolute atomic E-state index is 12.5. The molecule has 1 aromatic carbocycles. The third kappa shape index (κ3) is 3.66. The topological polar surface area (TPSA) is 69.0 Å². The lowest BCUT2D eigenvalue weighted by atomic mass is 10.2. The molecule has 0 aliphatic carbocycles. The van der Waals surface area contributed by atoms with E-state index >= 15 is 0 Å². The van der Waals surface area contributed by atoms with Crippen molar-refractivity contribution in [2.75, 3.05) is 5.75 Å². The molecule has 21 heavy (non-hydrogen) atoms. The van der Waals surface area contributed by atoms with Gasteiger partial charge in [0.1, 0.15) is 5.78 Å². The quantitative estimate of drug-likeness (QED) is 0.637. The second-order valence-corrected chi connectivity index (χ2v) is 5.46. The molecular formula is C15H14N2O3S. The van der Waals surface area contributed by atoms with Crippen molar-refractivity contribution in [2.45, 2.75) is 19.0 Å². The molecule has 1 heterocycles. The molecule has 0 N–H and O–H groups in total. The lowest BCUT2D eigenvalue weighted by Gasteiger charge is -2.10. The minimum absolute atomic E-state index is 0.0468. The summed E-state index contributed by atoms with van der Waals surface area (Å²) >= 11 is 1.09. The van der Waals surface area contributed by atoms with Crippen LogP contribution in [-0.2, 0) is 4.79 Å². The Labute approximate surface area is 126 Å². The zero-order valence-corrected chi connectivity index (χ0v) is 12.5. The fourth-order valence-electron chi connectivity index (χ4n) is 1.73. The highest BCUT2D eigenvalue weighted by atomic mass is 32.2. The van der Waals surface area contributed by atoms with Crippen LogP contribution >= 0.6 is 11.8 Å². The third-order valence-corrected chi connectivity index (χ3v) is 3.73. The zero-order valence-electron chi connectivity index (χ0n) is 11.7. The molecule has 5 nitrogen and oxygen atoms in total. The summed E-state index contributed by atoms with van der Waals surface area (Å²) in [4.78, 5) is 39.9. The van der Waals surface area contributed by atoms with Gasteiger partial charge in [-0.2, -0.15) is 0 Å². The zero-order chi connectivity index (χ0) is 15.4. The first-order chi connectivity index (χ1) is 9.99. The van der Waals surface area contributed by atoms with E-state index in [0.29, 0.717) is 11.3 Å². The van der Waals surface area contributed by atoms with E-state index in [0.717, 1.165) is 16.3 Å². The first kappa shape index (κ1) is 15.2. The Hall–Kier alpha value is -2.21. The number of carbonyl (C=O) groups is 2. The Morgan fingerprint density at radius 3 is 2.52 bits per heavy atom. The summed E-state index contributed by atoms with van der Waals surface area (Å²) in [6.45, 7) is 3.13. The largest absolute Gasteiger partial charge is 0.299 e. The van der Waals surface area contributed by atoms with Crippen molar-refractivity contribution in [2.24, 2.45) is 0 Å². The second kappa shape index (κ2) is 6.49. The molecule has 0 unspecified atom stereocenters. The van der Waals surface area contributed by atoms with Crippen molar-refractivity contribution >= 4 is 23.5 Å². The van der Waals surface area contributed by atoms with Crippen LogP contribution in [0.25, 0.3) is 0 Å². The van der Waals surface area contributed by atoms with Crippen LogP contribution in [0, 0.1) is 6.92 Å². The van der Waals surface area contributed by atoms with Crippen LogP contribution in [0.4, 0.5) is 0 Å². The van der Waals surface area contributed by atoms with Gasteiger partial charge in [0.25, 0.3) is 11.5 Å². The Morgan fingerprint density at radius 2 is 1.90 bits per heavy atom. The van der Waals surface area contributed by atoms with Crippen LogP contribution in [0.15, 0.2) is 46.3 Å². The number of nitrogens with zero attached hydrogens (tertiary/aromatic N) is 2. The van der Waals surface area contributed by atoms with Gasteiger partial charge in [0.05, 0.1) is 5.75 Å². The maximum Gasteiger partial charge on any atom is 0.266 e. The molecule has 6 heteroatoms. The molecule has 0 spiro atoms. The molecule has 0 radical (unpaired) electrons. The van der Waals surface area contributed by atoms with E-state index in [1.807, 2.05) is 0 Å². The van der Waals surface area contributed by atoms with Crippen molar-refractivity contribution in [3.8, 4) is 0 Å². The Balaban J connectivity index is 2.49. The fraction of sp³-hybridized carbons (Fsp3) is 0.200. The average Bonchev–Trinajstić information content (AvgIpc) is 2.45. The lowest BCUT2D eigenvalue weighted by molar-refractivity contribution is -0.114. The van der Waals surface area contributed by atoms with E-state index in [1.165, 1.54) is 13.0 Å². The van der Waals surface area contributed by atoms with Crippen LogP contribution in [0.1, 0.15) is 23.0 Å². The number of hydrogen-bond acceptors (Lipinski definition) is 5. The number of thioether (sulfide) groups is 1. The molecule has 1 aromatic heterocycles. The third-order valence-electron chi connectivity index (χ3n) is 2.64. The van der Waals surface area contributed by atoms with E-state index in [1.54, 1.807) is 37.3 Å². The van der Waals surface area contributed by atoms with Crippen molar-refractivity contribution in [3.05, 3.63) is 58.0 Å². The normalized spacial score (nSPS) is 10.4. The van der Waals surface area contributed by atoms with E-state index in [4.69, 9.17) is 0 Å². The number of Topliss-reactive ketones (excluding diaryl/α,β-unsaturated/α-hetero) is 1. The highest BCUT2D eigenvalue weighted by Gasteiger charge is 2.17. The van der Waals surface area contributed by atoms with E-state index < -0.39 is 11.5 Å². The summed E-state index contributed by atoms with van der Waals surface area (Å²) in [7, 11) is 0. The maximum atomic E-state index is 12.5. The Bertz CT molecular complexity index is 738. The minimum Gasteiger partial charge on any atom is -0.299 e. The highest BCUT2D eigenvalue weighted by molar-refractivity contribution is 7.99. The van der Waals surface area contributed by atoms with Crippen LogP contribution in [-0.4, -0.2) is 27.0 Å². The first-order valence-corrected chi connectivity index (χ1v) is 7.30. The number of aromatic nitrogens is 2. The number of rotatable bonds is 4. The number of hydrogen-bond donors (Lipinski definition) is 0. The van der Waals surface area contributed by atoms with Gasteiger partial charge in [-0.1, -0.05) is 30.0 Å². The standard InChI is InChI=1S/C15H14N2O3S/c1-10-8-13(19)17(15(16-10)21-9-11(2)18)14(20)12-6-4-3-5-7-12/h3-8H,9H2,1-2H3. The summed E-state index contributed by atoms with van der Waals surface area (Å²) in [5, 5.41) is 0.240. The fourth-order valence-corrected chi connectivity index (χ4v) is 2.57. The van der Waals surface area contributed by atoms with Crippen molar-refractivity contribution in [1.82, 2.24) is 9.55 Å². The van der Waals surface area contributed by atoms with Gasteiger partial charge in [0.2, 0.25) is 0 Å². The summed E-state index contributed by atoms with van der Waals surface area (Å²) in [6, 6.07) is 9.81. The van der Waals surface area contributed by atoms with Crippen molar-refractivity contribution in [1.29, 1.82) is 0 Å². The molecule has 108 valence electrons. The van der Waals surface area contributed by atoms with Crippen LogP contribution in [0.2, 0.25) is 0 Å². The van der Waals surface area contributed by atoms with Crippen molar-refractivity contribution < 1.29 is 9.59 Å². The van der Waals surface area contributed by atoms with Gasteiger partial charge < -0.3 is 0 Å². The molecule has 0 atom stereocenters. The lowest BCUT2D eigenvalue weighted by Crippen LogP contribution is -2.29. The van der Waals surface area contributed by atoms with Gasteiger partial charge >= 0.3 is 0 Å². The number of ketones is 1. The first-order valence-electron chi connectivity index (χ1n) is 6.31. The molecule has 0 bridgehead atoms. The van der Waals surface area contributed by atoms with Gasteiger partial charge in [-0.25, -0.2) is 9.55 Å². The molecule has 0 aliphatic heterocycles. The molecule has 2 aromatic rings. The molecule has 0 aliphatic rings. The smallest absolute Gasteiger partial charge is 0.266 e. The minimum atomic E-state index is -0.445.